The maximum absolute atomic E-state index is 12.4. The summed E-state index contributed by atoms with van der Waals surface area (Å²) >= 11 is 1.26. The van der Waals surface area contributed by atoms with Gasteiger partial charge in [0.15, 0.2) is 6.61 Å². The molecule has 0 aliphatic heterocycles. The molecule has 1 saturated carbocycles. The fourth-order valence-electron chi connectivity index (χ4n) is 3.42. The number of hydrogen-bond donors (Lipinski definition) is 1. The molecular weight excluding hydrogens is 376 g/mol. The van der Waals surface area contributed by atoms with Gasteiger partial charge in [0.1, 0.15) is 15.6 Å². The first-order valence-electron chi connectivity index (χ1n) is 9.56. The molecule has 2 aromatic rings. The number of esters is 1. The van der Waals surface area contributed by atoms with Gasteiger partial charge in [-0.25, -0.2) is 9.78 Å². The van der Waals surface area contributed by atoms with Crippen LogP contribution in [0, 0.1) is 12.8 Å². The predicted octanol–water partition coefficient (Wildman–Crippen LogP) is 3.98. The second kappa shape index (κ2) is 9.19. The Balaban J connectivity index is 1.58. The molecule has 1 aliphatic rings. The maximum atomic E-state index is 12.4. The number of carbonyl (C=O) groups excluding carboxylic acids is 2. The van der Waals surface area contributed by atoms with Crippen LogP contribution < -0.4 is 10.1 Å². The van der Waals surface area contributed by atoms with Gasteiger partial charge in [0.05, 0.1) is 12.8 Å². The summed E-state index contributed by atoms with van der Waals surface area (Å²) in [5, 5.41) is 3.72. The Kier molecular flexibility index (Phi) is 6.67. The van der Waals surface area contributed by atoms with Crippen molar-refractivity contribution in [2.75, 3.05) is 13.7 Å². The van der Waals surface area contributed by atoms with Crippen LogP contribution in [0.15, 0.2) is 24.3 Å². The van der Waals surface area contributed by atoms with Gasteiger partial charge < -0.3 is 14.8 Å². The minimum Gasteiger partial charge on any atom is -0.497 e. The molecule has 0 radical (unpaired) electrons. The van der Waals surface area contributed by atoms with Gasteiger partial charge >= 0.3 is 5.97 Å². The van der Waals surface area contributed by atoms with Crippen LogP contribution >= 0.6 is 11.3 Å². The Labute approximate surface area is 169 Å². The summed E-state index contributed by atoms with van der Waals surface area (Å²) < 4.78 is 10.4. The Morgan fingerprint density at radius 2 is 1.93 bits per heavy atom. The first-order valence-corrected chi connectivity index (χ1v) is 10.4. The van der Waals surface area contributed by atoms with Gasteiger partial charge in [-0.3, -0.25) is 4.79 Å². The molecule has 1 fully saturated rings. The summed E-state index contributed by atoms with van der Waals surface area (Å²) in [5.41, 5.74) is 1.50. The standard InChI is InChI=1S/C21H26N2O4S/c1-13-6-4-5-7-17(13)23-18(24)12-27-21(25)19-14(2)22-20(28-19)15-8-10-16(26-3)11-9-15/h8-11,13,17H,4-7,12H2,1-3H3,(H,23,24)/t13-,17-/m0/s1. The van der Waals surface area contributed by atoms with E-state index in [0.717, 1.165) is 35.6 Å². The van der Waals surface area contributed by atoms with E-state index in [1.807, 2.05) is 24.3 Å². The van der Waals surface area contributed by atoms with Gasteiger partial charge in [0.2, 0.25) is 0 Å². The number of hydrogen-bond acceptors (Lipinski definition) is 6. The number of nitrogens with zero attached hydrogens (tertiary/aromatic N) is 1. The molecule has 0 spiro atoms. The number of carbonyl (C=O) groups is 2. The number of nitrogens with one attached hydrogen (secondary N) is 1. The number of thiazole rings is 1. The molecular formula is C21H26N2O4S. The molecule has 1 amide bonds. The average Bonchev–Trinajstić information content (AvgIpc) is 3.10. The lowest BCUT2D eigenvalue weighted by atomic mass is 9.86. The number of benzene rings is 1. The van der Waals surface area contributed by atoms with E-state index in [1.54, 1.807) is 14.0 Å². The van der Waals surface area contributed by atoms with E-state index >= 15 is 0 Å². The lowest BCUT2D eigenvalue weighted by Crippen LogP contribution is -2.42. The summed E-state index contributed by atoms with van der Waals surface area (Å²) in [4.78, 5) is 29.5. The van der Waals surface area contributed by atoms with E-state index in [1.165, 1.54) is 17.8 Å². The molecule has 1 heterocycles. The average molecular weight is 403 g/mol. The van der Waals surface area contributed by atoms with E-state index in [9.17, 15) is 9.59 Å². The molecule has 1 aromatic heterocycles. The Morgan fingerprint density at radius 1 is 1.21 bits per heavy atom. The topological polar surface area (TPSA) is 77.5 Å². The predicted molar refractivity (Wildman–Crippen MR) is 109 cm³/mol. The van der Waals surface area contributed by atoms with Gasteiger partial charge in [-0.1, -0.05) is 19.8 Å². The van der Waals surface area contributed by atoms with Gasteiger partial charge in [0.25, 0.3) is 5.91 Å². The molecule has 1 aliphatic carbocycles. The van der Waals surface area contributed by atoms with Crippen LogP contribution in [0.5, 0.6) is 5.75 Å². The largest absolute Gasteiger partial charge is 0.497 e. The lowest BCUT2D eigenvalue weighted by molar-refractivity contribution is -0.125. The third-order valence-corrected chi connectivity index (χ3v) is 6.30. The number of methoxy groups -OCH3 is 1. The van der Waals surface area contributed by atoms with Crippen molar-refractivity contribution in [2.24, 2.45) is 5.92 Å². The van der Waals surface area contributed by atoms with Crippen LogP contribution in [0.25, 0.3) is 10.6 Å². The number of aryl methyl sites for hydroxylation is 1. The van der Waals surface area contributed by atoms with Crippen LogP contribution in [0.2, 0.25) is 0 Å². The number of ether oxygens (including phenoxy) is 2. The smallest absolute Gasteiger partial charge is 0.350 e. The summed E-state index contributed by atoms with van der Waals surface area (Å²) in [5.74, 6) is 0.463. The zero-order valence-corrected chi connectivity index (χ0v) is 17.3. The summed E-state index contributed by atoms with van der Waals surface area (Å²) in [6, 6.07) is 7.66. The zero-order valence-electron chi connectivity index (χ0n) is 16.5. The molecule has 1 N–H and O–H groups in total. The van der Waals surface area contributed by atoms with Crippen LogP contribution in [-0.4, -0.2) is 36.6 Å². The summed E-state index contributed by atoms with van der Waals surface area (Å²) in [7, 11) is 1.61. The third kappa shape index (κ3) is 4.90. The van der Waals surface area contributed by atoms with Crippen LogP contribution in [0.4, 0.5) is 0 Å². The van der Waals surface area contributed by atoms with Crippen LogP contribution in [0.1, 0.15) is 48.0 Å². The first kappa shape index (κ1) is 20.3. The lowest BCUT2D eigenvalue weighted by Gasteiger charge is -2.29. The van der Waals surface area contributed by atoms with Gasteiger partial charge in [-0.05, 0) is 49.9 Å². The van der Waals surface area contributed by atoms with Crippen molar-refractivity contribution >= 4 is 23.2 Å². The van der Waals surface area contributed by atoms with Crippen molar-refractivity contribution in [3.05, 3.63) is 34.8 Å². The summed E-state index contributed by atoms with van der Waals surface area (Å²) in [6.07, 6.45) is 4.45. The van der Waals surface area contributed by atoms with Gasteiger partial charge in [-0.15, -0.1) is 11.3 Å². The monoisotopic (exact) mass is 402 g/mol. The highest BCUT2D eigenvalue weighted by Gasteiger charge is 2.24. The quantitative estimate of drug-likeness (QED) is 0.740. The molecule has 0 unspecified atom stereocenters. The molecule has 0 saturated heterocycles. The summed E-state index contributed by atoms with van der Waals surface area (Å²) in [6.45, 7) is 3.65. The molecule has 2 atom stereocenters. The number of amides is 1. The first-order chi connectivity index (χ1) is 13.5. The van der Waals surface area contributed by atoms with Crippen molar-refractivity contribution in [1.82, 2.24) is 10.3 Å². The zero-order chi connectivity index (χ0) is 20.1. The van der Waals surface area contributed by atoms with Gasteiger partial charge in [0, 0.05) is 11.6 Å². The highest BCUT2D eigenvalue weighted by atomic mass is 32.1. The van der Waals surface area contributed by atoms with Crippen molar-refractivity contribution in [3.63, 3.8) is 0 Å². The van der Waals surface area contributed by atoms with E-state index < -0.39 is 5.97 Å². The van der Waals surface area contributed by atoms with Crippen LogP contribution in [-0.2, 0) is 9.53 Å². The molecule has 3 rings (SSSR count). The molecule has 7 heteroatoms. The van der Waals surface area contributed by atoms with E-state index in [-0.39, 0.29) is 18.6 Å². The Bertz CT molecular complexity index is 831. The molecule has 6 nitrogen and oxygen atoms in total. The minimum atomic E-state index is -0.512. The number of aromatic nitrogens is 1. The van der Waals surface area contributed by atoms with E-state index in [0.29, 0.717) is 16.5 Å². The SMILES string of the molecule is COc1ccc(-c2nc(C)c(C(=O)OCC(=O)N[C@H]3CCCC[C@@H]3C)s2)cc1. The van der Waals surface area contributed by atoms with Crippen LogP contribution in [0.3, 0.4) is 0 Å². The van der Waals surface area contributed by atoms with Crippen molar-refractivity contribution in [1.29, 1.82) is 0 Å². The molecule has 0 bridgehead atoms. The fourth-order valence-corrected chi connectivity index (χ4v) is 4.38. The third-order valence-electron chi connectivity index (χ3n) is 5.11. The highest BCUT2D eigenvalue weighted by Crippen LogP contribution is 2.29. The Morgan fingerprint density at radius 3 is 2.61 bits per heavy atom. The minimum absolute atomic E-state index is 0.173. The normalized spacial score (nSPS) is 19.1. The number of rotatable bonds is 6. The fraction of sp³-hybridized carbons (Fsp3) is 0.476. The van der Waals surface area contributed by atoms with Crippen molar-refractivity contribution < 1.29 is 19.1 Å². The van der Waals surface area contributed by atoms with Gasteiger partial charge in [-0.2, -0.15) is 0 Å². The maximum Gasteiger partial charge on any atom is 0.350 e. The Hall–Kier alpha value is -2.41. The molecule has 150 valence electrons. The van der Waals surface area contributed by atoms with E-state index in [2.05, 4.69) is 17.2 Å². The van der Waals surface area contributed by atoms with E-state index in [4.69, 9.17) is 9.47 Å². The highest BCUT2D eigenvalue weighted by molar-refractivity contribution is 7.17. The molecule has 1 aromatic carbocycles. The second-order valence-corrected chi connectivity index (χ2v) is 8.17. The molecule has 28 heavy (non-hydrogen) atoms. The second-order valence-electron chi connectivity index (χ2n) is 7.17. The van der Waals surface area contributed by atoms with Crippen molar-refractivity contribution in [3.8, 4) is 16.3 Å². The van der Waals surface area contributed by atoms with Crippen molar-refractivity contribution in [2.45, 2.75) is 45.6 Å².